The van der Waals surface area contributed by atoms with Crippen molar-refractivity contribution in [2.45, 2.75) is 19.4 Å². The van der Waals surface area contributed by atoms with E-state index in [4.69, 9.17) is 23.2 Å². The van der Waals surface area contributed by atoms with Gasteiger partial charge in [-0.2, -0.15) is 0 Å². The number of hydrogen-bond donors (Lipinski definition) is 2. The lowest BCUT2D eigenvalue weighted by molar-refractivity contribution is 0.444. The van der Waals surface area contributed by atoms with Gasteiger partial charge in [0.05, 0.1) is 11.8 Å². The van der Waals surface area contributed by atoms with Crippen molar-refractivity contribution in [1.29, 1.82) is 0 Å². The largest absolute Gasteiger partial charge is 0.355 e. The Morgan fingerprint density at radius 3 is 2.68 bits per heavy atom. The summed E-state index contributed by atoms with van der Waals surface area (Å²) < 4.78 is 25.0. The molecule has 1 aromatic rings. The zero-order chi connectivity index (χ0) is 17.7. The smallest absolute Gasteiger partial charge is 0.214 e. The zero-order valence-electron chi connectivity index (χ0n) is 14.1. The Balaban J connectivity index is 0.00000312. The molecule has 1 saturated heterocycles. The van der Waals surface area contributed by atoms with Crippen molar-refractivity contribution in [2.24, 2.45) is 4.99 Å². The topological polar surface area (TPSA) is 73.8 Å². The number of nitrogens with zero attached hydrogens (tertiary/aromatic N) is 2. The van der Waals surface area contributed by atoms with Crippen LogP contribution < -0.4 is 10.6 Å². The molecule has 0 bridgehead atoms. The molecule has 2 N–H and O–H groups in total. The van der Waals surface area contributed by atoms with Gasteiger partial charge < -0.3 is 10.6 Å². The maximum Gasteiger partial charge on any atom is 0.214 e. The van der Waals surface area contributed by atoms with Gasteiger partial charge in [-0.3, -0.25) is 4.99 Å². The maximum atomic E-state index is 11.8. The molecule has 1 fully saturated rings. The quantitative estimate of drug-likeness (QED) is 0.355. The summed E-state index contributed by atoms with van der Waals surface area (Å²) >= 11 is 12.1. The van der Waals surface area contributed by atoms with Crippen molar-refractivity contribution in [1.82, 2.24) is 14.9 Å². The highest BCUT2D eigenvalue weighted by atomic mass is 127. The Morgan fingerprint density at radius 1 is 1.40 bits per heavy atom. The second kappa shape index (κ2) is 10.1. The van der Waals surface area contributed by atoms with E-state index in [1.807, 2.05) is 13.0 Å². The molecule has 1 aliphatic heterocycles. The van der Waals surface area contributed by atoms with Crippen LogP contribution in [0, 0.1) is 0 Å². The monoisotopic (exact) mass is 520 g/mol. The van der Waals surface area contributed by atoms with Gasteiger partial charge in [-0.05, 0) is 31.0 Å². The van der Waals surface area contributed by atoms with Crippen molar-refractivity contribution in [3.8, 4) is 0 Å². The summed E-state index contributed by atoms with van der Waals surface area (Å²) in [7, 11) is -1.40. The van der Waals surface area contributed by atoms with Crippen molar-refractivity contribution < 1.29 is 8.42 Å². The van der Waals surface area contributed by atoms with Crippen molar-refractivity contribution in [3.63, 3.8) is 0 Å². The number of aliphatic imine (C=N–C) groups is 1. The minimum Gasteiger partial charge on any atom is -0.355 e. The van der Waals surface area contributed by atoms with E-state index < -0.39 is 10.0 Å². The molecule has 1 aromatic carbocycles. The van der Waals surface area contributed by atoms with Gasteiger partial charge in [0.2, 0.25) is 10.0 Å². The lowest BCUT2D eigenvalue weighted by Gasteiger charge is -2.20. The summed E-state index contributed by atoms with van der Waals surface area (Å²) in [6.07, 6.45) is 0.696. The molecule has 1 aliphatic rings. The van der Waals surface area contributed by atoms with Crippen LogP contribution in [0.2, 0.25) is 10.0 Å². The third kappa shape index (κ3) is 6.42. The fraction of sp³-hybridized carbons (Fsp3) is 0.533. The van der Waals surface area contributed by atoms with Crippen LogP contribution >= 0.6 is 47.2 Å². The molecule has 0 saturated carbocycles. The molecular formula is C15H23Cl2IN4O2S. The molecule has 142 valence electrons. The second-order valence-electron chi connectivity index (χ2n) is 5.60. The summed E-state index contributed by atoms with van der Waals surface area (Å²) in [6.45, 7) is 3.47. The number of benzene rings is 1. The summed E-state index contributed by atoms with van der Waals surface area (Å²) in [5.41, 5.74) is 0.908. The first-order valence-electron chi connectivity index (χ1n) is 7.73. The average Bonchev–Trinajstić information content (AvgIpc) is 2.84. The maximum absolute atomic E-state index is 11.8. The van der Waals surface area contributed by atoms with E-state index in [0.717, 1.165) is 5.56 Å². The predicted molar refractivity (Wildman–Crippen MR) is 115 cm³/mol. The number of nitrogens with one attached hydrogen (secondary N) is 2. The van der Waals surface area contributed by atoms with Gasteiger partial charge in [-0.1, -0.05) is 29.3 Å². The highest BCUT2D eigenvalue weighted by molar-refractivity contribution is 14.0. The van der Waals surface area contributed by atoms with Crippen LogP contribution in [0.15, 0.2) is 23.2 Å². The summed E-state index contributed by atoms with van der Waals surface area (Å²) in [6, 6.07) is 5.28. The molecule has 0 spiro atoms. The Kier molecular flexibility index (Phi) is 9.24. The van der Waals surface area contributed by atoms with Crippen molar-refractivity contribution in [3.05, 3.63) is 33.8 Å². The SMILES string of the molecule is CN=C(NCCN1CCCS1(=O)=O)NC(C)c1ccc(Cl)cc1Cl.I. The molecule has 0 aromatic heterocycles. The Morgan fingerprint density at radius 2 is 2.12 bits per heavy atom. The number of guanidine groups is 1. The van der Waals surface area contributed by atoms with Crippen LogP contribution in [-0.4, -0.2) is 51.1 Å². The predicted octanol–water partition coefficient (Wildman–Crippen LogP) is 2.87. The molecule has 2 rings (SSSR count). The first-order valence-corrected chi connectivity index (χ1v) is 10.1. The van der Waals surface area contributed by atoms with Crippen LogP contribution in [0.4, 0.5) is 0 Å². The highest BCUT2D eigenvalue weighted by Gasteiger charge is 2.27. The second-order valence-corrected chi connectivity index (χ2v) is 8.53. The van der Waals surface area contributed by atoms with Crippen LogP contribution in [0.5, 0.6) is 0 Å². The van der Waals surface area contributed by atoms with E-state index in [0.29, 0.717) is 42.1 Å². The molecule has 0 amide bonds. The Bertz CT molecular complexity index is 715. The van der Waals surface area contributed by atoms with Gasteiger partial charge in [0, 0.05) is 36.7 Å². The van der Waals surface area contributed by atoms with E-state index in [1.165, 1.54) is 4.31 Å². The number of hydrogen-bond acceptors (Lipinski definition) is 3. The summed E-state index contributed by atoms with van der Waals surface area (Å²) in [5, 5.41) is 7.53. The summed E-state index contributed by atoms with van der Waals surface area (Å²) in [5.74, 6) is 0.830. The third-order valence-corrected chi connectivity index (χ3v) is 6.38. The number of halogens is 3. The van der Waals surface area contributed by atoms with Crippen LogP contribution in [0.25, 0.3) is 0 Å². The first-order chi connectivity index (χ1) is 11.3. The minimum absolute atomic E-state index is 0. The van der Waals surface area contributed by atoms with E-state index in [2.05, 4.69) is 15.6 Å². The van der Waals surface area contributed by atoms with Crippen molar-refractivity contribution in [2.75, 3.05) is 32.4 Å². The van der Waals surface area contributed by atoms with Crippen LogP contribution in [0.1, 0.15) is 24.9 Å². The molecule has 1 unspecified atom stereocenters. The standard InChI is InChI=1S/C15H22Cl2N4O2S.HI/c1-11(13-5-4-12(16)10-14(13)17)20-15(18-2)19-6-8-21-7-3-9-24(21,22)23;/h4-5,10-11H,3,6-9H2,1-2H3,(H2,18,19,20);1H. The van der Waals surface area contributed by atoms with Crippen LogP contribution in [0.3, 0.4) is 0 Å². The number of rotatable bonds is 5. The van der Waals surface area contributed by atoms with E-state index in [1.54, 1.807) is 19.2 Å². The summed E-state index contributed by atoms with van der Waals surface area (Å²) in [4.78, 5) is 4.16. The van der Waals surface area contributed by atoms with Gasteiger partial charge in [-0.25, -0.2) is 12.7 Å². The van der Waals surface area contributed by atoms with Gasteiger partial charge in [0.25, 0.3) is 0 Å². The molecule has 1 heterocycles. The fourth-order valence-corrected chi connectivity index (χ4v) is 4.67. The molecule has 1 atom stereocenters. The minimum atomic E-state index is -3.06. The van der Waals surface area contributed by atoms with E-state index in [9.17, 15) is 8.42 Å². The Hall–Kier alpha value is -0.290. The normalized spacial score (nSPS) is 18.5. The van der Waals surface area contributed by atoms with E-state index in [-0.39, 0.29) is 35.8 Å². The first kappa shape index (κ1) is 22.8. The lowest BCUT2D eigenvalue weighted by Crippen LogP contribution is -2.42. The van der Waals surface area contributed by atoms with Gasteiger partial charge in [0.15, 0.2) is 5.96 Å². The van der Waals surface area contributed by atoms with Crippen molar-refractivity contribution >= 4 is 63.2 Å². The molecule has 6 nitrogen and oxygen atoms in total. The fourth-order valence-electron chi connectivity index (χ4n) is 2.57. The third-order valence-electron chi connectivity index (χ3n) is 3.86. The lowest BCUT2D eigenvalue weighted by atomic mass is 10.1. The average molecular weight is 521 g/mol. The van der Waals surface area contributed by atoms with Gasteiger partial charge >= 0.3 is 0 Å². The van der Waals surface area contributed by atoms with Gasteiger partial charge in [0.1, 0.15) is 0 Å². The zero-order valence-corrected chi connectivity index (χ0v) is 18.8. The highest BCUT2D eigenvalue weighted by Crippen LogP contribution is 2.25. The molecule has 10 heteroatoms. The van der Waals surface area contributed by atoms with E-state index >= 15 is 0 Å². The molecule has 25 heavy (non-hydrogen) atoms. The molecule has 0 radical (unpaired) electrons. The van der Waals surface area contributed by atoms with Crippen LogP contribution in [-0.2, 0) is 10.0 Å². The molecular weight excluding hydrogens is 498 g/mol. The number of sulfonamides is 1. The Labute approximate surface area is 176 Å². The van der Waals surface area contributed by atoms with Gasteiger partial charge in [-0.15, -0.1) is 24.0 Å². The molecule has 0 aliphatic carbocycles.